The lowest BCUT2D eigenvalue weighted by molar-refractivity contribution is 0.0651. The van der Waals surface area contributed by atoms with Crippen molar-refractivity contribution in [1.82, 2.24) is 9.78 Å². The molecule has 0 radical (unpaired) electrons. The first kappa shape index (κ1) is 7.74. The van der Waals surface area contributed by atoms with E-state index in [-0.39, 0.29) is 12.4 Å². The molecule has 5 nitrogen and oxygen atoms in total. The number of carboxylic acids is 1. The average molecular weight is 156 g/mol. The summed E-state index contributed by atoms with van der Waals surface area (Å²) in [5.74, 6) is -1.00. The molecule has 0 aliphatic rings. The molecule has 1 aromatic rings. The third-order valence-electron chi connectivity index (χ3n) is 1.19. The second-order valence-corrected chi connectivity index (χ2v) is 1.94. The highest BCUT2D eigenvalue weighted by Gasteiger charge is 2.08. The van der Waals surface area contributed by atoms with Gasteiger partial charge in [-0.15, -0.1) is 0 Å². The number of carboxylic acid groups (broad SMARTS) is 1. The predicted octanol–water partition coefficient (Wildman–Crippen LogP) is 0.185. The van der Waals surface area contributed by atoms with Crippen molar-refractivity contribution in [3.05, 3.63) is 18.0 Å². The molecule has 0 bridgehead atoms. The molecule has 1 rings (SSSR count). The third kappa shape index (κ3) is 1.56. The Bertz CT molecular complexity index is 256. The van der Waals surface area contributed by atoms with Crippen molar-refractivity contribution >= 4 is 5.97 Å². The summed E-state index contributed by atoms with van der Waals surface area (Å²) in [7, 11) is 1.48. The Labute approximate surface area is 63.2 Å². The van der Waals surface area contributed by atoms with E-state index in [0.29, 0.717) is 0 Å². The van der Waals surface area contributed by atoms with Crippen LogP contribution in [0.25, 0.3) is 0 Å². The van der Waals surface area contributed by atoms with Gasteiger partial charge in [-0.3, -0.25) is 0 Å². The smallest absolute Gasteiger partial charge is 0.354 e. The van der Waals surface area contributed by atoms with Crippen LogP contribution in [0.3, 0.4) is 0 Å². The van der Waals surface area contributed by atoms with Crippen LogP contribution in [-0.2, 0) is 11.5 Å². The maximum atomic E-state index is 10.4. The number of methoxy groups -OCH3 is 1. The van der Waals surface area contributed by atoms with E-state index in [2.05, 4.69) is 5.10 Å². The second kappa shape index (κ2) is 3.16. The van der Waals surface area contributed by atoms with E-state index in [9.17, 15) is 4.79 Å². The Morgan fingerprint density at radius 3 is 3.18 bits per heavy atom. The standard InChI is InChI=1S/C6H8N2O3/c1-11-4-8-5(6(9)10)2-3-7-8/h2-3H,4H2,1H3,(H,9,10). The summed E-state index contributed by atoms with van der Waals surface area (Å²) in [6.07, 6.45) is 1.42. The zero-order valence-corrected chi connectivity index (χ0v) is 6.02. The van der Waals surface area contributed by atoms with Crippen molar-refractivity contribution in [1.29, 1.82) is 0 Å². The monoisotopic (exact) mass is 156 g/mol. The maximum absolute atomic E-state index is 10.4. The lowest BCUT2D eigenvalue weighted by Crippen LogP contribution is -2.10. The van der Waals surface area contributed by atoms with E-state index in [4.69, 9.17) is 9.84 Å². The van der Waals surface area contributed by atoms with Crippen LogP contribution in [0.15, 0.2) is 12.3 Å². The molecule has 0 saturated heterocycles. The molecule has 0 aliphatic heterocycles. The minimum atomic E-state index is -1.00. The molecule has 1 aromatic heterocycles. The first-order chi connectivity index (χ1) is 5.25. The van der Waals surface area contributed by atoms with Crippen LogP contribution in [0.4, 0.5) is 0 Å². The van der Waals surface area contributed by atoms with Crippen molar-refractivity contribution in [2.24, 2.45) is 0 Å². The normalized spacial score (nSPS) is 9.91. The van der Waals surface area contributed by atoms with Gasteiger partial charge in [-0.1, -0.05) is 0 Å². The molecule has 60 valence electrons. The van der Waals surface area contributed by atoms with E-state index in [1.165, 1.54) is 24.1 Å². The van der Waals surface area contributed by atoms with Gasteiger partial charge in [-0.2, -0.15) is 5.10 Å². The van der Waals surface area contributed by atoms with Crippen LogP contribution >= 0.6 is 0 Å². The molecule has 0 saturated carbocycles. The lowest BCUT2D eigenvalue weighted by Gasteiger charge is -2.00. The first-order valence-electron chi connectivity index (χ1n) is 2.99. The van der Waals surface area contributed by atoms with Gasteiger partial charge in [0, 0.05) is 13.3 Å². The minimum Gasteiger partial charge on any atom is -0.477 e. The topological polar surface area (TPSA) is 64.4 Å². The Morgan fingerprint density at radius 1 is 1.91 bits per heavy atom. The summed E-state index contributed by atoms with van der Waals surface area (Å²) >= 11 is 0. The average Bonchev–Trinajstić information content (AvgIpc) is 2.36. The van der Waals surface area contributed by atoms with E-state index in [1.54, 1.807) is 0 Å². The largest absolute Gasteiger partial charge is 0.477 e. The molecule has 5 heteroatoms. The summed E-state index contributed by atoms with van der Waals surface area (Å²) in [6, 6.07) is 1.42. The van der Waals surface area contributed by atoms with Crippen molar-refractivity contribution in [2.75, 3.05) is 7.11 Å². The van der Waals surface area contributed by atoms with Crippen molar-refractivity contribution in [3.8, 4) is 0 Å². The first-order valence-corrected chi connectivity index (χ1v) is 2.99. The third-order valence-corrected chi connectivity index (χ3v) is 1.19. The van der Waals surface area contributed by atoms with Crippen LogP contribution in [0.1, 0.15) is 10.5 Å². The SMILES string of the molecule is COCn1nccc1C(=O)O. The summed E-state index contributed by atoms with van der Waals surface area (Å²) in [6.45, 7) is 0.161. The van der Waals surface area contributed by atoms with Gasteiger partial charge < -0.3 is 9.84 Å². The van der Waals surface area contributed by atoms with E-state index >= 15 is 0 Å². The van der Waals surface area contributed by atoms with Crippen LogP contribution < -0.4 is 0 Å². The van der Waals surface area contributed by atoms with Gasteiger partial charge in [0.2, 0.25) is 0 Å². The second-order valence-electron chi connectivity index (χ2n) is 1.94. The van der Waals surface area contributed by atoms with Gasteiger partial charge in [0.15, 0.2) is 0 Å². The van der Waals surface area contributed by atoms with Crippen LogP contribution in [-0.4, -0.2) is 28.0 Å². The molecule has 1 heterocycles. The molecule has 0 amide bonds. The molecule has 0 atom stereocenters. The van der Waals surface area contributed by atoms with E-state index in [0.717, 1.165) is 0 Å². The van der Waals surface area contributed by atoms with Gasteiger partial charge in [0.25, 0.3) is 0 Å². The van der Waals surface area contributed by atoms with Gasteiger partial charge >= 0.3 is 5.97 Å². The highest BCUT2D eigenvalue weighted by molar-refractivity contribution is 5.85. The molecule has 0 fully saturated rings. The zero-order chi connectivity index (χ0) is 8.27. The lowest BCUT2D eigenvalue weighted by atomic mass is 10.4. The number of aromatic nitrogens is 2. The molecule has 1 N–H and O–H groups in total. The molecule has 0 aromatic carbocycles. The van der Waals surface area contributed by atoms with Crippen molar-refractivity contribution in [2.45, 2.75) is 6.73 Å². The summed E-state index contributed by atoms with van der Waals surface area (Å²) in [5, 5.41) is 12.3. The van der Waals surface area contributed by atoms with Crippen LogP contribution in [0.5, 0.6) is 0 Å². The number of hydrogen-bond donors (Lipinski definition) is 1. The van der Waals surface area contributed by atoms with Crippen molar-refractivity contribution < 1.29 is 14.6 Å². The Hall–Kier alpha value is -1.36. The summed E-state index contributed by atoms with van der Waals surface area (Å²) in [5.41, 5.74) is 0.131. The van der Waals surface area contributed by atoms with E-state index in [1.807, 2.05) is 0 Å². The Balaban J connectivity index is 2.87. The van der Waals surface area contributed by atoms with Gasteiger partial charge in [-0.25, -0.2) is 9.48 Å². The zero-order valence-electron chi connectivity index (χ0n) is 6.02. The number of hydrogen-bond acceptors (Lipinski definition) is 3. The minimum absolute atomic E-state index is 0.131. The van der Waals surface area contributed by atoms with Gasteiger partial charge in [-0.05, 0) is 6.07 Å². The highest BCUT2D eigenvalue weighted by Crippen LogP contribution is 1.97. The summed E-state index contributed by atoms with van der Waals surface area (Å²) in [4.78, 5) is 10.4. The molecule has 0 spiro atoms. The number of ether oxygens (including phenoxy) is 1. The number of aromatic carboxylic acids is 1. The van der Waals surface area contributed by atoms with Crippen LogP contribution in [0.2, 0.25) is 0 Å². The number of rotatable bonds is 3. The van der Waals surface area contributed by atoms with Crippen LogP contribution in [0, 0.1) is 0 Å². The maximum Gasteiger partial charge on any atom is 0.354 e. The van der Waals surface area contributed by atoms with Crippen molar-refractivity contribution in [3.63, 3.8) is 0 Å². The fourth-order valence-electron chi connectivity index (χ4n) is 0.739. The molecule has 0 aliphatic carbocycles. The predicted molar refractivity (Wildman–Crippen MR) is 36.2 cm³/mol. The van der Waals surface area contributed by atoms with Gasteiger partial charge in [0.1, 0.15) is 12.4 Å². The molecular formula is C6H8N2O3. The fraction of sp³-hybridized carbons (Fsp3) is 0.333. The quantitative estimate of drug-likeness (QED) is 0.678. The van der Waals surface area contributed by atoms with Gasteiger partial charge in [0.05, 0.1) is 0 Å². The fourth-order valence-corrected chi connectivity index (χ4v) is 0.739. The molecule has 11 heavy (non-hydrogen) atoms. The van der Waals surface area contributed by atoms with E-state index < -0.39 is 5.97 Å². The number of carbonyl (C=O) groups is 1. The molecule has 0 unspecified atom stereocenters. The Kier molecular flexibility index (Phi) is 2.22. The summed E-state index contributed by atoms with van der Waals surface area (Å²) < 4.78 is 5.98. The molecular weight excluding hydrogens is 148 g/mol. The number of nitrogens with zero attached hydrogens (tertiary/aromatic N) is 2. The highest BCUT2D eigenvalue weighted by atomic mass is 16.5. The Morgan fingerprint density at radius 2 is 2.64 bits per heavy atom.